The Morgan fingerprint density at radius 3 is 2.50 bits per heavy atom. The lowest BCUT2D eigenvalue weighted by Crippen LogP contribution is -2.34. The average Bonchev–Trinajstić information content (AvgIpc) is 2.46. The summed E-state index contributed by atoms with van der Waals surface area (Å²) < 4.78 is 5.51. The van der Waals surface area contributed by atoms with Gasteiger partial charge in [0.1, 0.15) is 12.4 Å². The van der Waals surface area contributed by atoms with Crippen molar-refractivity contribution in [3.8, 4) is 5.75 Å². The Morgan fingerprint density at radius 1 is 1.35 bits per heavy atom. The van der Waals surface area contributed by atoms with Gasteiger partial charge in [0, 0.05) is 12.6 Å². The largest absolute Gasteiger partial charge is 0.489 e. The maximum absolute atomic E-state index is 10.1. The summed E-state index contributed by atoms with van der Waals surface area (Å²) in [6, 6.07) is 7.40. The molecule has 4 nitrogen and oxygen atoms in total. The molecule has 20 heavy (non-hydrogen) atoms. The molecule has 0 aromatic heterocycles. The van der Waals surface area contributed by atoms with E-state index < -0.39 is 6.10 Å². The Kier molecular flexibility index (Phi) is 7.30. The lowest BCUT2D eigenvalue weighted by molar-refractivity contribution is 0.157. The molecule has 1 aromatic rings. The number of hydrogen-bond acceptors (Lipinski definition) is 4. The first-order chi connectivity index (χ1) is 9.56. The molecule has 0 spiro atoms. The number of ether oxygens (including phenoxy) is 1. The molecule has 0 saturated heterocycles. The lowest BCUT2D eigenvalue weighted by Gasteiger charge is -2.18. The SMILES string of the molecule is C=C(C)COc1ccc(C(O)CNC(CC)CO)cc1. The van der Waals surface area contributed by atoms with E-state index in [-0.39, 0.29) is 12.6 Å². The predicted octanol–water partition coefficient (Wildman–Crippen LogP) is 2.04. The smallest absolute Gasteiger partial charge is 0.119 e. The minimum absolute atomic E-state index is 0.0304. The summed E-state index contributed by atoms with van der Waals surface area (Å²) in [7, 11) is 0. The van der Waals surface area contributed by atoms with Crippen molar-refractivity contribution >= 4 is 0 Å². The van der Waals surface area contributed by atoms with Crippen molar-refractivity contribution in [2.75, 3.05) is 19.8 Å². The van der Waals surface area contributed by atoms with Gasteiger partial charge < -0.3 is 20.3 Å². The monoisotopic (exact) mass is 279 g/mol. The maximum atomic E-state index is 10.1. The van der Waals surface area contributed by atoms with Crippen molar-refractivity contribution < 1.29 is 14.9 Å². The molecule has 0 heterocycles. The maximum Gasteiger partial charge on any atom is 0.119 e. The van der Waals surface area contributed by atoms with E-state index in [4.69, 9.17) is 9.84 Å². The first-order valence-electron chi connectivity index (χ1n) is 6.96. The van der Waals surface area contributed by atoms with Crippen LogP contribution < -0.4 is 10.1 Å². The Hall–Kier alpha value is -1.36. The van der Waals surface area contributed by atoms with Crippen LogP contribution in [0.4, 0.5) is 0 Å². The molecule has 0 radical (unpaired) electrons. The van der Waals surface area contributed by atoms with Gasteiger partial charge in [0.15, 0.2) is 0 Å². The molecule has 3 N–H and O–H groups in total. The van der Waals surface area contributed by atoms with Crippen molar-refractivity contribution in [3.63, 3.8) is 0 Å². The van der Waals surface area contributed by atoms with Gasteiger partial charge in [-0.25, -0.2) is 0 Å². The molecular weight excluding hydrogens is 254 g/mol. The van der Waals surface area contributed by atoms with Crippen LogP contribution in [0.5, 0.6) is 5.75 Å². The molecule has 0 amide bonds. The number of aliphatic hydroxyl groups is 2. The van der Waals surface area contributed by atoms with E-state index in [0.717, 1.165) is 23.3 Å². The fourth-order valence-corrected chi connectivity index (χ4v) is 1.73. The third kappa shape index (κ3) is 5.74. The first-order valence-corrected chi connectivity index (χ1v) is 6.96. The molecule has 112 valence electrons. The zero-order valence-corrected chi connectivity index (χ0v) is 12.3. The van der Waals surface area contributed by atoms with E-state index >= 15 is 0 Å². The zero-order chi connectivity index (χ0) is 15.0. The molecule has 0 saturated carbocycles. The Balaban J connectivity index is 2.48. The van der Waals surface area contributed by atoms with E-state index in [2.05, 4.69) is 11.9 Å². The highest BCUT2D eigenvalue weighted by Gasteiger charge is 2.10. The highest BCUT2D eigenvalue weighted by molar-refractivity contribution is 5.29. The summed E-state index contributed by atoms with van der Waals surface area (Å²) in [6.07, 6.45) is 0.238. The summed E-state index contributed by atoms with van der Waals surface area (Å²) in [6.45, 7) is 8.69. The van der Waals surface area contributed by atoms with Gasteiger partial charge in [-0.1, -0.05) is 25.6 Å². The second kappa shape index (κ2) is 8.74. The molecule has 2 atom stereocenters. The number of aliphatic hydroxyl groups excluding tert-OH is 2. The molecule has 0 aliphatic heterocycles. The van der Waals surface area contributed by atoms with E-state index in [1.807, 2.05) is 38.1 Å². The first kappa shape index (κ1) is 16.7. The highest BCUT2D eigenvalue weighted by Crippen LogP contribution is 2.18. The second-order valence-electron chi connectivity index (χ2n) is 5.03. The van der Waals surface area contributed by atoms with Crippen molar-refractivity contribution in [2.45, 2.75) is 32.4 Å². The number of hydrogen-bond donors (Lipinski definition) is 3. The normalized spacial score (nSPS) is 13.8. The Bertz CT molecular complexity index is 399. The average molecular weight is 279 g/mol. The van der Waals surface area contributed by atoms with Crippen LogP contribution in [-0.4, -0.2) is 36.0 Å². The quantitative estimate of drug-likeness (QED) is 0.605. The summed E-state index contributed by atoms with van der Waals surface area (Å²) in [5, 5.41) is 22.3. The van der Waals surface area contributed by atoms with E-state index in [1.54, 1.807) is 0 Å². The van der Waals surface area contributed by atoms with Crippen LogP contribution in [-0.2, 0) is 0 Å². The topological polar surface area (TPSA) is 61.7 Å². The third-order valence-corrected chi connectivity index (χ3v) is 3.06. The minimum atomic E-state index is -0.592. The molecule has 1 aromatic carbocycles. The summed E-state index contributed by atoms with van der Waals surface area (Å²) in [5.74, 6) is 0.763. The van der Waals surface area contributed by atoms with Crippen molar-refractivity contribution in [1.29, 1.82) is 0 Å². The molecule has 0 aliphatic carbocycles. The van der Waals surface area contributed by atoms with Gasteiger partial charge in [-0.05, 0) is 36.6 Å². The van der Waals surface area contributed by atoms with Crippen LogP contribution >= 0.6 is 0 Å². The van der Waals surface area contributed by atoms with Crippen LogP contribution in [0, 0.1) is 0 Å². The molecule has 0 fully saturated rings. The van der Waals surface area contributed by atoms with Gasteiger partial charge in [-0.3, -0.25) is 0 Å². The van der Waals surface area contributed by atoms with Crippen LogP contribution in [0.15, 0.2) is 36.4 Å². The fraction of sp³-hybridized carbons (Fsp3) is 0.500. The van der Waals surface area contributed by atoms with Gasteiger partial charge in [-0.2, -0.15) is 0 Å². The predicted molar refractivity (Wildman–Crippen MR) is 80.9 cm³/mol. The molecule has 0 bridgehead atoms. The molecule has 1 rings (SSSR count). The summed E-state index contributed by atoms with van der Waals surface area (Å²) in [4.78, 5) is 0. The molecular formula is C16H25NO3. The van der Waals surface area contributed by atoms with Gasteiger partial charge in [-0.15, -0.1) is 0 Å². The van der Waals surface area contributed by atoms with Crippen LogP contribution in [0.25, 0.3) is 0 Å². The lowest BCUT2D eigenvalue weighted by atomic mass is 10.1. The van der Waals surface area contributed by atoms with Gasteiger partial charge in [0.05, 0.1) is 12.7 Å². The van der Waals surface area contributed by atoms with Gasteiger partial charge in [0.25, 0.3) is 0 Å². The highest BCUT2D eigenvalue weighted by atomic mass is 16.5. The van der Waals surface area contributed by atoms with Gasteiger partial charge >= 0.3 is 0 Å². The Morgan fingerprint density at radius 2 is 2.00 bits per heavy atom. The van der Waals surface area contributed by atoms with E-state index in [0.29, 0.717) is 13.2 Å². The molecule has 0 aliphatic rings. The van der Waals surface area contributed by atoms with Crippen molar-refractivity contribution in [3.05, 3.63) is 42.0 Å². The minimum Gasteiger partial charge on any atom is -0.489 e. The van der Waals surface area contributed by atoms with Gasteiger partial charge in [0.2, 0.25) is 0 Å². The Labute approximate surface area is 121 Å². The van der Waals surface area contributed by atoms with Crippen LogP contribution in [0.3, 0.4) is 0 Å². The third-order valence-electron chi connectivity index (χ3n) is 3.06. The van der Waals surface area contributed by atoms with Crippen molar-refractivity contribution in [1.82, 2.24) is 5.32 Å². The van der Waals surface area contributed by atoms with Crippen LogP contribution in [0.1, 0.15) is 31.9 Å². The van der Waals surface area contributed by atoms with E-state index in [9.17, 15) is 5.11 Å². The zero-order valence-electron chi connectivity index (χ0n) is 12.3. The van der Waals surface area contributed by atoms with Crippen LogP contribution in [0.2, 0.25) is 0 Å². The van der Waals surface area contributed by atoms with Crippen molar-refractivity contribution in [2.24, 2.45) is 0 Å². The molecule has 2 unspecified atom stereocenters. The second-order valence-corrected chi connectivity index (χ2v) is 5.03. The summed E-state index contributed by atoms with van der Waals surface area (Å²) >= 11 is 0. The molecule has 4 heteroatoms. The summed E-state index contributed by atoms with van der Waals surface area (Å²) in [5.41, 5.74) is 1.79. The number of benzene rings is 1. The number of rotatable bonds is 9. The number of nitrogens with one attached hydrogen (secondary N) is 1. The standard InChI is InChI=1S/C16H25NO3/c1-4-14(10-18)17-9-16(19)13-5-7-15(8-6-13)20-11-12(2)3/h5-8,14,16-19H,2,4,9-11H2,1,3H3. The van der Waals surface area contributed by atoms with E-state index in [1.165, 1.54) is 0 Å². The fourth-order valence-electron chi connectivity index (χ4n) is 1.73.